The highest BCUT2D eigenvalue weighted by Gasteiger charge is 2.73. The Labute approximate surface area is 98.1 Å². The minimum atomic E-state index is 0.0939. The number of hydrogen-bond acceptors (Lipinski definition) is 2. The second-order valence-electron chi connectivity index (χ2n) is 5.13. The number of amides is 1. The molecule has 3 aliphatic rings. The summed E-state index contributed by atoms with van der Waals surface area (Å²) in [5.41, 5.74) is 0.459. The van der Waals surface area contributed by atoms with E-state index in [4.69, 9.17) is 4.74 Å². The molecule has 0 aromatic carbocycles. The molecule has 1 heterocycles. The van der Waals surface area contributed by atoms with E-state index in [-0.39, 0.29) is 11.5 Å². The Hall–Kier alpha value is -0.0900. The van der Waals surface area contributed by atoms with Crippen molar-refractivity contribution in [2.45, 2.75) is 31.3 Å². The van der Waals surface area contributed by atoms with Crippen molar-refractivity contribution in [1.29, 1.82) is 0 Å². The van der Waals surface area contributed by atoms with Gasteiger partial charge in [0.2, 0.25) is 5.91 Å². The maximum Gasteiger partial charge on any atom is 0.230 e. The molecule has 1 spiro atoms. The molecule has 2 unspecified atom stereocenters. The lowest BCUT2D eigenvalue weighted by molar-refractivity contribution is -0.123. The zero-order chi connectivity index (χ0) is 10.5. The number of hydrogen-bond donors (Lipinski definition) is 1. The summed E-state index contributed by atoms with van der Waals surface area (Å²) < 4.78 is 5.94. The molecule has 0 aromatic rings. The third-order valence-corrected chi connectivity index (χ3v) is 5.09. The van der Waals surface area contributed by atoms with Crippen LogP contribution in [-0.2, 0) is 9.53 Å². The minimum absolute atomic E-state index is 0.0939. The van der Waals surface area contributed by atoms with Crippen molar-refractivity contribution < 1.29 is 9.53 Å². The van der Waals surface area contributed by atoms with E-state index in [0.29, 0.717) is 16.7 Å². The van der Waals surface area contributed by atoms with Crippen molar-refractivity contribution in [2.24, 2.45) is 11.3 Å². The summed E-state index contributed by atoms with van der Waals surface area (Å²) in [7, 11) is 0. The number of nitrogens with one attached hydrogen (secondary N) is 1. The number of fused-ring (bicyclic) bond motifs is 2. The fraction of sp³-hybridized carbons (Fsp3) is 0.909. The van der Waals surface area contributed by atoms with Crippen LogP contribution in [0.4, 0.5) is 0 Å². The first-order valence-electron chi connectivity index (χ1n) is 5.69. The quantitative estimate of drug-likeness (QED) is 0.791. The lowest BCUT2D eigenvalue weighted by Crippen LogP contribution is -2.50. The molecule has 0 aromatic heterocycles. The lowest BCUT2D eigenvalue weighted by Gasteiger charge is -2.45. The van der Waals surface area contributed by atoms with Gasteiger partial charge in [-0.05, 0) is 31.6 Å². The Balaban J connectivity index is 1.67. The summed E-state index contributed by atoms with van der Waals surface area (Å²) in [5.74, 6) is 0.810. The molecule has 1 aliphatic heterocycles. The molecule has 1 N–H and O–H groups in total. The van der Waals surface area contributed by atoms with Gasteiger partial charge in [-0.25, -0.2) is 0 Å². The highest BCUT2D eigenvalue weighted by Crippen LogP contribution is 2.70. The van der Waals surface area contributed by atoms with E-state index in [1.165, 1.54) is 25.7 Å². The third-order valence-electron chi connectivity index (χ3n) is 4.58. The summed E-state index contributed by atoms with van der Waals surface area (Å²) in [6.45, 7) is 1.74. The van der Waals surface area contributed by atoms with Gasteiger partial charge >= 0.3 is 0 Å². The van der Waals surface area contributed by atoms with Crippen LogP contribution in [0.1, 0.15) is 25.7 Å². The number of halogens is 1. The van der Waals surface area contributed by atoms with Gasteiger partial charge in [0, 0.05) is 12.0 Å². The van der Waals surface area contributed by atoms with Crippen molar-refractivity contribution >= 4 is 21.8 Å². The smallest absolute Gasteiger partial charge is 0.230 e. The van der Waals surface area contributed by atoms with Gasteiger partial charge in [0.1, 0.15) is 0 Å². The number of rotatable bonds is 3. The molecule has 84 valence electrons. The predicted octanol–water partition coefficient (Wildman–Crippen LogP) is 1.46. The number of carbonyl (C=O) groups excluding carboxylic acids is 1. The fourth-order valence-electron chi connectivity index (χ4n) is 3.38. The lowest BCUT2D eigenvalue weighted by atomic mass is 9.68. The van der Waals surface area contributed by atoms with Gasteiger partial charge in [-0.3, -0.25) is 4.79 Å². The van der Waals surface area contributed by atoms with E-state index in [2.05, 4.69) is 21.2 Å². The summed E-state index contributed by atoms with van der Waals surface area (Å²) >= 11 is 3.17. The van der Waals surface area contributed by atoms with Crippen molar-refractivity contribution in [2.75, 3.05) is 18.5 Å². The summed E-state index contributed by atoms with van der Waals surface area (Å²) in [4.78, 5) is 11.2. The van der Waals surface area contributed by atoms with Gasteiger partial charge in [0.15, 0.2) is 0 Å². The Morgan fingerprint density at radius 3 is 2.87 bits per heavy atom. The van der Waals surface area contributed by atoms with Gasteiger partial charge in [-0.15, -0.1) is 0 Å². The number of alkyl halides is 1. The summed E-state index contributed by atoms with van der Waals surface area (Å²) in [5, 5.41) is 3.42. The third kappa shape index (κ3) is 1.24. The first-order chi connectivity index (χ1) is 7.22. The van der Waals surface area contributed by atoms with Crippen molar-refractivity contribution in [3.8, 4) is 0 Å². The van der Waals surface area contributed by atoms with Crippen molar-refractivity contribution in [3.05, 3.63) is 0 Å². The maximum atomic E-state index is 11.2. The first-order valence-corrected chi connectivity index (χ1v) is 6.81. The molecule has 2 saturated carbocycles. The summed E-state index contributed by atoms with van der Waals surface area (Å²) in [6, 6.07) is 0. The molecule has 3 nitrogen and oxygen atoms in total. The van der Waals surface area contributed by atoms with Gasteiger partial charge < -0.3 is 10.1 Å². The van der Waals surface area contributed by atoms with E-state index < -0.39 is 0 Å². The van der Waals surface area contributed by atoms with Crippen LogP contribution in [-0.4, -0.2) is 30.0 Å². The Morgan fingerprint density at radius 1 is 1.53 bits per heavy atom. The maximum absolute atomic E-state index is 11.2. The molecule has 3 fully saturated rings. The zero-order valence-corrected chi connectivity index (χ0v) is 10.3. The molecule has 2 aliphatic carbocycles. The summed E-state index contributed by atoms with van der Waals surface area (Å²) in [6.07, 6.45) is 4.96. The van der Waals surface area contributed by atoms with E-state index in [9.17, 15) is 4.79 Å². The second-order valence-corrected chi connectivity index (χ2v) is 5.69. The van der Waals surface area contributed by atoms with Crippen LogP contribution in [0.2, 0.25) is 0 Å². The van der Waals surface area contributed by atoms with Crippen LogP contribution in [0.25, 0.3) is 0 Å². The topological polar surface area (TPSA) is 38.3 Å². The first kappa shape index (κ1) is 10.1. The molecule has 0 bridgehead atoms. The van der Waals surface area contributed by atoms with Crippen LogP contribution < -0.4 is 5.32 Å². The molecule has 1 saturated heterocycles. The van der Waals surface area contributed by atoms with E-state index in [1.807, 2.05) is 0 Å². The highest BCUT2D eigenvalue weighted by molar-refractivity contribution is 9.09. The van der Waals surface area contributed by atoms with E-state index >= 15 is 0 Å². The van der Waals surface area contributed by atoms with Gasteiger partial charge in [0.25, 0.3) is 0 Å². The molecular weight excluding hydrogens is 258 g/mol. The Bertz CT molecular complexity index is 303. The van der Waals surface area contributed by atoms with Crippen LogP contribution in [0.3, 0.4) is 0 Å². The van der Waals surface area contributed by atoms with Crippen LogP contribution >= 0.6 is 15.9 Å². The van der Waals surface area contributed by atoms with E-state index in [0.717, 1.165) is 13.2 Å². The standard InChI is InChI=1S/C11H16BrNO2/c12-5-9(14)13-7-10-4-8(10)6-15-11(10)2-1-3-11/h8H,1-7H2,(H,13,14). The van der Waals surface area contributed by atoms with Gasteiger partial charge in [-0.2, -0.15) is 0 Å². The largest absolute Gasteiger partial charge is 0.374 e. The zero-order valence-electron chi connectivity index (χ0n) is 8.72. The molecule has 0 radical (unpaired) electrons. The molecule has 15 heavy (non-hydrogen) atoms. The van der Waals surface area contributed by atoms with E-state index in [1.54, 1.807) is 0 Å². The number of ether oxygens (including phenoxy) is 1. The van der Waals surface area contributed by atoms with Crippen molar-refractivity contribution in [1.82, 2.24) is 5.32 Å². The minimum Gasteiger partial charge on any atom is -0.374 e. The van der Waals surface area contributed by atoms with Crippen LogP contribution in [0.15, 0.2) is 0 Å². The monoisotopic (exact) mass is 273 g/mol. The molecular formula is C11H16BrNO2. The molecule has 4 heteroatoms. The van der Waals surface area contributed by atoms with Crippen LogP contribution in [0, 0.1) is 11.3 Å². The Kier molecular flexibility index (Phi) is 2.15. The van der Waals surface area contributed by atoms with Crippen molar-refractivity contribution in [3.63, 3.8) is 0 Å². The molecule has 2 atom stereocenters. The number of carbonyl (C=O) groups is 1. The van der Waals surface area contributed by atoms with Gasteiger partial charge in [0.05, 0.1) is 17.5 Å². The normalized spacial score (nSPS) is 39.7. The second kappa shape index (κ2) is 3.20. The SMILES string of the molecule is O=C(CBr)NCC12CC1COC21CCC1. The molecule has 3 rings (SSSR count). The Morgan fingerprint density at radius 2 is 2.33 bits per heavy atom. The fourth-order valence-corrected chi connectivity index (χ4v) is 3.58. The predicted molar refractivity (Wildman–Crippen MR) is 59.9 cm³/mol. The van der Waals surface area contributed by atoms with Crippen LogP contribution in [0.5, 0.6) is 0 Å². The average Bonchev–Trinajstić information content (AvgIpc) is 2.81. The van der Waals surface area contributed by atoms with Gasteiger partial charge in [-0.1, -0.05) is 15.9 Å². The molecule has 1 amide bonds. The average molecular weight is 274 g/mol. The highest BCUT2D eigenvalue weighted by atomic mass is 79.9.